The van der Waals surface area contributed by atoms with Gasteiger partial charge in [0.05, 0.1) is 31.1 Å². The lowest BCUT2D eigenvalue weighted by Crippen LogP contribution is -2.36. The molecule has 2 aromatic heterocycles. The third kappa shape index (κ3) is 7.38. The number of alkyl halides is 3. The van der Waals surface area contributed by atoms with E-state index in [0.29, 0.717) is 55.6 Å². The van der Waals surface area contributed by atoms with Crippen LogP contribution in [0.4, 0.5) is 24.1 Å². The molecule has 0 saturated carbocycles. The number of carboxylic acid groups (broad SMARTS) is 1. The van der Waals surface area contributed by atoms with E-state index in [-0.39, 0.29) is 22.5 Å². The zero-order valence-corrected chi connectivity index (χ0v) is 25.1. The first-order valence-corrected chi connectivity index (χ1v) is 15.1. The van der Waals surface area contributed by atoms with Crippen molar-refractivity contribution in [1.82, 2.24) is 19.9 Å². The van der Waals surface area contributed by atoms with E-state index in [1.54, 1.807) is 6.07 Å². The molecule has 2 saturated heterocycles. The average molecular weight is 635 g/mol. The number of anilines is 2. The average Bonchev–Trinajstić information content (AvgIpc) is 3.62. The molecule has 15 heteroatoms. The minimum atomic E-state index is -4.91. The first-order valence-electron chi connectivity index (χ1n) is 14.3. The largest absolute Gasteiger partial charge is 0.573 e. The highest BCUT2D eigenvalue weighted by Gasteiger charge is 2.33. The van der Waals surface area contributed by atoms with E-state index in [1.807, 2.05) is 4.90 Å². The van der Waals surface area contributed by atoms with Gasteiger partial charge in [-0.2, -0.15) is 0 Å². The predicted octanol–water partition coefficient (Wildman–Crippen LogP) is 5.44. The summed E-state index contributed by atoms with van der Waals surface area (Å²) in [6.45, 7) is 4.59. The third-order valence-corrected chi connectivity index (χ3v) is 8.89. The van der Waals surface area contributed by atoms with Crippen molar-refractivity contribution in [3.63, 3.8) is 0 Å². The van der Waals surface area contributed by atoms with Crippen molar-refractivity contribution < 1.29 is 37.3 Å². The fourth-order valence-electron chi connectivity index (χ4n) is 5.63. The van der Waals surface area contributed by atoms with Crippen molar-refractivity contribution >= 4 is 34.2 Å². The Morgan fingerprint density at radius 1 is 1.11 bits per heavy atom. The van der Waals surface area contributed by atoms with Crippen LogP contribution in [0.25, 0.3) is 11.3 Å². The zero-order chi connectivity index (χ0) is 31.4. The number of halogens is 3. The minimum Gasteiger partial charge on any atom is -0.493 e. The van der Waals surface area contributed by atoms with Gasteiger partial charge in [-0.05, 0) is 56.8 Å². The third-order valence-electron chi connectivity index (χ3n) is 7.94. The van der Waals surface area contributed by atoms with Gasteiger partial charge in [0, 0.05) is 36.1 Å². The summed E-state index contributed by atoms with van der Waals surface area (Å²) in [4.78, 5) is 42.6. The van der Waals surface area contributed by atoms with Gasteiger partial charge in [0.25, 0.3) is 5.91 Å². The van der Waals surface area contributed by atoms with Crippen molar-refractivity contribution in [3.05, 3.63) is 41.2 Å². The second-order valence-electron chi connectivity index (χ2n) is 10.7. The van der Waals surface area contributed by atoms with Crippen LogP contribution in [0.1, 0.15) is 54.4 Å². The molecule has 4 heterocycles. The lowest BCUT2D eigenvalue weighted by atomic mass is 9.97. The SMILES string of the molecule is CC[C@@H]1CCCN1Cc1sc(NC(=O)c2cnc(N3CCC(C(=O)O)CC3)cn2)nc1-c1ccc(OC)c(OC(F)(F)F)c1. The second-order valence-corrected chi connectivity index (χ2v) is 11.8. The standard InChI is InChI=1S/C29H33F3N6O5S/c1-3-19-5-4-10-38(19)16-23-25(18-6-7-21(42-2)22(13-18)43-29(30,31)32)35-28(44-23)36-26(39)20-14-34-24(15-33-20)37-11-8-17(9-12-37)27(40)41/h6-7,13-15,17,19H,3-5,8-12,16H2,1-2H3,(H,40,41)(H,35,36,39)/t19-/m1/s1. The maximum Gasteiger partial charge on any atom is 0.573 e. The van der Waals surface area contributed by atoms with Crippen LogP contribution in [-0.2, 0) is 11.3 Å². The van der Waals surface area contributed by atoms with Gasteiger partial charge < -0.3 is 19.5 Å². The van der Waals surface area contributed by atoms with Crippen LogP contribution in [0.5, 0.6) is 11.5 Å². The summed E-state index contributed by atoms with van der Waals surface area (Å²) in [7, 11) is 1.26. The van der Waals surface area contributed by atoms with Crippen LogP contribution >= 0.6 is 11.3 Å². The van der Waals surface area contributed by atoms with Gasteiger partial charge in [-0.15, -0.1) is 13.2 Å². The Bertz CT molecular complexity index is 1480. The number of thiazole rings is 1. The fourth-order valence-corrected chi connectivity index (χ4v) is 6.64. The summed E-state index contributed by atoms with van der Waals surface area (Å²) < 4.78 is 48.7. The lowest BCUT2D eigenvalue weighted by molar-refractivity contribution is -0.275. The highest BCUT2D eigenvalue weighted by atomic mass is 32.1. The number of rotatable bonds is 10. The van der Waals surface area contributed by atoms with Gasteiger partial charge in [0.1, 0.15) is 11.5 Å². The topological polar surface area (TPSA) is 130 Å². The summed E-state index contributed by atoms with van der Waals surface area (Å²) in [5.74, 6) is -1.73. The molecule has 236 valence electrons. The van der Waals surface area contributed by atoms with Crippen molar-refractivity contribution in [3.8, 4) is 22.8 Å². The molecule has 2 fully saturated rings. The van der Waals surface area contributed by atoms with E-state index >= 15 is 0 Å². The van der Waals surface area contributed by atoms with Crippen LogP contribution in [-0.4, -0.2) is 76.0 Å². The Hall–Kier alpha value is -3.98. The monoisotopic (exact) mass is 634 g/mol. The number of carbonyl (C=O) groups is 2. The lowest BCUT2D eigenvalue weighted by Gasteiger charge is -2.30. The van der Waals surface area contributed by atoms with Crippen LogP contribution in [0.3, 0.4) is 0 Å². The molecule has 0 spiro atoms. The van der Waals surface area contributed by atoms with Gasteiger partial charge in [0.15, 0.2) is 16.6 Å². The Kier molecular flexibility index (Phi) is 9.53. The molecule has 44 heavy (non-hydrogen) atoms. The van der Waals surface area contributed by atoms with Gasteiger partial charge in [-0.1, -0.05) is 18.3 Å². The number of aromatic nitrogens is 3. The number of ether oxygens (including phenoxy) is 2. The van der Waals surface area contributed by atoms with E-state index in [4.69, 9.17) is 4.74 Å². The minimum absolute atomic E-state index is 0.0587. The normalized spacial score (nSPS) is 17.9. The summed E-state index contributed by atoms with van der Waals surface area (Å²) in [6, 6.07) is 4.62. The first kappa shape index (κ1) is 31.4. The van der Waals surface area contributed by atoms with Crippen molar-refractivity contribution in [2.24, 2.45) is 5.92 Å². The Labute approximate surface area is 256 Å². The van der Waals surface area contributed by atoms with E-state index in [9.17, 15) is 27.9 Å². The molecule has 11 nitrogen and oxygen atoms in total. The molecule has 5 rings (SSSR count). The molecular weight excluding hydrogens is 601 g/mol. The number of nitrogens with one attached hydrogen (secondary N) is 1. The number of benzene rings is 1. The van der Waals surface area contributed by atoms with Gasteiger partial charge in [-0.25, -0.2) is 15.0 Å². The van der Waals surface area contributed by atoms with Crippen molar-refractivity contribution in [2.45, 2.75) is 58.0 Å². The molecule has 2 N–H and O–H groups in total. The molecule has 0 aliphatic carbocycles. The van der Waals surface area contributed by atoms with Crippen LogP contribution in [0.2, 0.25) is 0 Å². The number of aliphatic carboxylic acids is 1. The Morgan fingerprint density at radius 3 is 2.52 bits per heavy atom. The van der Waals surface area contributed by atoms with E-state index in [0.717, 1.165) is 30.7 Å². The number of likely N-dealkylation sites (tertiary alicyclic amines) is 1. The maximum absolute atomic E-state index is 13.1. The maximum atomic E-state index is 13.1. The van der Waals surface area contributed by atoms with Crippen molar-refractivity contribution in [2.75, 3.05) is 37.0 Å². The molecule has 2 aliphatic heterocycles. The second kappa shape index (κ2) is 13.3. The molecule has 1 amide bonds. The summed E-state index contributed by atoms with van der Waals surface area (Å²) in [5.41, 5.74) is 0.885. The summed E-state index contributed by atoms with van der Waals surface area (Å²) in [5, 5.41) is 12.2. The molecule has 3 aromatic rings. The zero-order valence-electron chi connectivity index (χ0n) is 24.3. The van der Waals surface area contributed by atoms with E-state index in [2.05, 4.69) is 36.8 Å². The van der Waals surface area contributed by atoms with Crippen LogP contribution < -0.4 is 19.7 Å². The number of nitrogens with zero attached hydrogens (tertiary/aromatic N) is 5. The van der Waals surface area contributed by atoms with Gasteiger partial charge in [0.2, 0.25) is 0 Å². The van der Waals surface area contributed by atoms with Crippen LogP contribution in [0.15, 0.2) is 30.6 Å². The van der Waals surface area contributed by atoms with Crippen LogP contribution in [0, 0.1) is 5.92 Å². The molecule has 0 bridgehead atoms. The Morgan fingerprint density at radius 2 is 1.89 bits per heavy atom. The number of hydrogen-bond acceptors (Lipinski definition) is 10. The summed E-state index contributed by atoms with van der Waals surface area (Å²) in [6.07, 6.45) is 2.00. The quantitative estimate of drug-likeness (QED) is 0.298. The molecular formula is C29H33F3N6O5S. The smallest absolute Gasteiger partial charge is 0.493 e. The number of hydrogen-bond donors (Lipinski definition) is 2. The molecule has 0 radical (unpaired) electrons. The summed E-state index contributed by atoms with van der Waals surface area (Å²) >= 11 is 1.25. The molecule has 1 atom stereocenters. The number of carbonyl (C=O) groups excluding carboxylic acids is 1. The number of amides is 1. The molecule has 2 aliphatic rings. The fraction of sp³-hybridized carbons (Fsp3) is 0.483. The van der Waals surface area contributed by atoms with E-state index < -0.39 is 24.0 Å². The molecule has 1 aromatic carbocycles. The van der Waals surface area contributed by atoms with Gasteiger partial charge in [-0.3, -0.25) is 19.8 Å². The predicted molar refractivity (Wildman–Crippen MR) is 157 cm³/mol. The highest BCUT2D eigenvalue weighted by molar-refractivity contribution is 7.16. The van der Waals surface area contributed by atoms with E-state index in [1.165, 1.54) is 43.0 Å². The van der Waals surface area contributed by atoms with Crippen molar-refractivity contribution in [1.29, 1.82) is 0 Å². The Balaban J connectivity index is 1.37. The first-order chi connectivity index (χ1) is 21.0. The number of methoxy groups -OCH3 is 1. The van der Waals surface area contributed by atoms with Gasteiger partial charge >= 0.3 is 12.3 Å². The number of piperidine rings is 1. The molecule has 0 unspecified atom stereocenters. The number of carboxylic acids is 1. The highest BCUT2D eigenvalue weighted by Crippen LogP contribution is 2.40.